The van der Waals surface area contributed by atoms with Gasteiger partial charge in [0, 0.05) is 197 Å². The normalized spacial score (nSPS) is 19.0. The molecular weight excluding hydrogens is 1540 g/mol. The Morgan fingerprint density at radius 2 is 0.789 bits per heavy atom. The number of piperidine rings is 1. The van der Waals surface area contributed by atoms with Gasteiger partial charge in [-0.1, -0.05) is 153 Å². The third-order valence-corrected chi connectivity index (χ3v) is 26.4. The second-order valence-electron chi connectivity index (χ2n) is 37.2. The molecular formula is C104H154N16O2S. The Kier molecular flexibility index (Phi) is 38.5. The molecule has 0 radical (unpaired) electrons. The van der Waals surface area contributed by atoms with Gasteiger partial charge in [-0.3, -0.25) is 43.9 Å². The number of hydrogen-bond donors (Lipinski definition) is 1. The molecule has 0 saturated carbocycles. The van der Waals surface area contributed by atoms with Crippen molar-refractivity contribution in [1.29, 1.82) is 0 Å². The Bertz CT molecular complexity index is 4770. The van der Waals surface area contributed by atoms with Crippen molar-refractivity contribution in [2.45, 2.75) is 264 Å². The van der Waals surface area contributed by atoms with Crippen LogP contribution in [0.3, 0.4) is 0 Å². The molecule has 123 heavy (non-hydrogen) atoms. The molecule has 6 atom stereocenters. The SMILES string of the molecule is C=C(C)C1CCN(c2cncc(C(C)C)c2)CC1.C=C(C)N1CCN(c2cncc(C(C)C)c2)C(C)C1C.C=C(C)N1C[C@@H](C)N(c2cncc(C(C)C)c2)[C@@H](C)C1.C=C(C)N1[C@H](C)CN(c2cncc(C(C)C)c2)C[C@@H]1C.C=S1(=O)CCN(c2cncc(C(C)C)c2)CC1.CC(C)c1cncc(-c2ccccc2C(N)=O)c1.Cc1cncc(C(C)C)c1. The van der Waals surface area contributed by atoms with Crippen LogP contribution in [0.15, 0.2) is 202 Å². The molecule has 1 amide bonds. The Morgan fingerprint density at radius 1 is 0.415 bits per heavy atom. The number of aromatic nitrogens is 7. The van der Waals surface area contributed by atoms with E-state index in [0.717, 1.165) is 99.2 Å². The maximum absolute atomic E-state index is 11.8. The predicted octanol–water partition coefficient (Wildman–Crippen LogP) is 22.1. The van der Waals surface area contributed by atoms with Crippen LogP contribution in [0.1, 0.15) is 275 Å². The molecule has 0 aliphatic carbocycles. The predicted molar refractivity (Wildman–Crippen MR) is 527 cm³/mol. The fourth-order valence-corrected chi connectivity index (χ4v) is 17.8. The summed E-state index contributed by atoms with van der Waals surface area (Å²) in [5, 5.41) is 0. The van der Waals surface area contributed by atoms with Gasteiger partial charge in [0.1, 0.15) is 0 Å². The Hall–Kier alpha value is -9.88. The van der Waals surface area contributed by atoms with Gasteiger partial charge in [0.25, 0.3) is 0 Å². The van der Waals surface area contributed by atoms with Crippen LogP contribution in [0.4, 0.5) is 28.4 Å². The van der Waals surface area contributed by atoms with E-state index in [1.807, 2.05) is 98.8 Å². The molecule has 5 aliphatic heterocycles. The molecule has 0 bridgehead atoms. The zero-order valence-corrected chi connectivity index (χ0v) is 80.8. The molecule has 13 rings (SSSR count). The highest BCUT2D eigenvalue weighted by molar-refractivity contribution is 8.00. The lowest BCUT2D eigenvalue weighted by molar-refractivity contribution is 0.100. The molecule has 2 unspecified atom stereocenters. The minimum absolute atomic E-state index is 0.401. The van der Waals surface area contributed by atoms with Crippen molar-refractivity contribution in [3.05, 3.63) is 253 Å². The van der Waals surface area contributed by atoms with Gasteiger partial charge >= 0.3 is 0 Å². The van der Waals surface area contributed by atoms with E-state index >= 15 is 0 Å². The molecule has 0 spiro atoms. The van der Waals surface area contributed by atoms with Crippen LogP contribution in [0.2, 0.25) is 0 Å². The summed E-state index contributed by atoms with van der Waals surface area (Å²) in [6, 6.07) is 25.8. The average Bonchev–Trinajstić information content (AvgIpc) is 0.797. The fraction of sp³-hybridized carbons (Fsp3) is 0.510. The van der Waals surface area contributed by atoms with Crippen LogP contribution in [-0.2, 0) is 9.52 Å². The Morgan fingerprint density at radius 3 is 1.19 bits per heavy atom. The zero-order chi connectivity index (χ0) is 90.9. The van der Waals surface area contributed by atoms with E-state index in [1.165, 1.54) is 85.8 Å². The summed E-state index contributed by atoms with van der Waals surface area (Å²) in [7, 11) is -1.81. The number of nitrogens with two attached hydrogens (primary N) is 1. The smallest absolute Gasteiger partial charge is 0.249 e. The maximum atomic E-state index is 11.8. The van der Waals surface area contributed by atoms with Crippen LogP contribution < -0.4 is 30.2 Å². The Labute approximate surface area is 744 Å². The lowest BCUT2D eigenvalue weighted by Crippen LogP contribution is -2.56. The number of piperazine rings is 3. The number of amides is 1. The van der Waals surface area contributed by atoms with Crippen LogP contribution in [0.25, 0.3) is 11.1 Å². The third-order valence-electron chi connectivity index (χ3n) is 24.5. The first kappa shape index (κ1) is 100. The lowest BCUT2D eigenvalue weighted by Gasteiger charge is -2.47. The molecule has 19 heteroatoms. The van der Waals surface area contributed by atoms with E-state index < -0.39 is 15.4 Å². The van der Waals surface area contributed by atoms with Crippen molar-refractivity contribution < 1.29 is 9.00 Å². The van der Waals surface area contributed by atoms with E-state index in [1.54, 1.807) is 12.3 Å². The van der Waals surface area contributed by atoms with Crippen molar-refractivity contribution >= 4 is 49.7 Å². The second kappa shape index (κ2) is 47.3. The number of hydrogen-bond acceptors (Lipinski definition) is 17. The van der Waals surface area contributed by atoms with Gasteiger partial charge in [0.15, 0.2) is 0 Å². The standard InChI is InChI=1S/3C17H27N3.C16H24N2.C15H16N2O.C13H20N2OS.C9H13N/c1-12(2)16-7-17(9-18-8-16)19-10-14(5)20(13(3)4)15(6)11-19;1-12(2)16-7-17(9-18-8-16)20-14(5)10-19(13(3)4)11-15(20)6;1-12(2)16-9-17(11-18-10-16)20-8-7-19(13(3)4)14(5)15(20)6;1-12(2)14-5-7-18(8-6-14)16-9-15(13(3)4)10-17-11-16;1-10(2)11-7-12(9-17-8-11)13-5-3-4-6-14(13)15(16)18;1-11(2)12-8-13(10-14-9-12)15-4-6-17(3,16)7-5-15;1-7(2)9-4-8(3)5-10-6-9/h2*7-9,12,14-15H,3,10-11H2,1-2,4-6H3;9-12,14-15H,3,7-8H2,1-2,4-6H3;9-11,13-14H,1,5-8H2,2-4H3;3-10H,1-2H3,(H2,16,18);8-11H,3-7H2,1-2H3;4-7H,1-3H3/t2*14-,15+;;;;;. The molecule has 5 aliphatic rings. The van der Waals surface area contributed by atoms with Gasteiger partial charge < -0.3 is 44.9 Å². The van der Waals surface area contributed by atoms with Gasteiger partial charge in [-0.2, -0.15) is 0 Å². The zero-order valence-electron chi connectivity index (χ0n) is 80.0. The highest BCUT2D eigenvalue weighted by atomic mass is 32.2. The van der Waals surface area contributed by atoms with Gasteiger partial charge in [0.05, 0.1) is 59.4 Å². The van der Waals surface area contributed by atoms with E-state index in [4.69, 9.17) is 5.73 Å². The number of nitrogens with zero attached hydrogens (tertiary/aromatic N) is 15. The molecule has 1 aromatic carbocycles. The highest BCUT2D eigenvalue weighted by Crippen LogP contribution is 2.34. The summed E-state index contributed by atoms with van der Waals surface area (Å²) in [6.45, 7) is 81.3. The van der Waals surface area contributed by atoms with Gasteiger partial charge in [0.2, 0.25) is 5.91 Å². The molecule has 7 aromatic heterocycles. The van der Waals surface area contributed by atoms with Crippen molar-refractivity contribution in [3.63, 3.8) is 0 Å². The molecule has 8 aromatic rings. The molecule has 5 fully saturated rings. The van der Waals surface area contributed by atoms with E-state index in [0.29, 0.717) is 101 Å². The number of carbonyl (C=O) groups excluding carboxylic acids is 1. The van der Waals surface area contributed by atoms with Crippen LogP contribution >= 0.6 is 0 Å². The number of pyridine rings is 7. The van der Waals surface area contributed by atoms with Gasteiger partial charge in [-0.05, 0) is 244 Å². The van der Waals surface area contributed by atoms with Gasteiger partial charge in [-0.25, -0.2) is 0 Å². The number of rotatable bonds is 18. The summed E-state index contributed by atoms with van der Waals surface area (Å²) in [6.07, 6.45) is 29.6. The first-order valence-electron chi connectivity index (χ1n) is 45.1. The summed E-state index contributed by atoms with van der Waals surface area (Å²) >= 11 is 0. The molecule has 12 heterocycles. The summed E-state index contributed by atoms with van der Waals surface area (Å²) < 4.78 is 11.8. The van der Waals surface area contributed by atoms with E-state index in [2.05, 4.69) is 322 Å². The first-order chi connectivity index (χ1) is 58.1. The first-order valence-corrected chi connectivity index (χ1v) is 47.2. The number of benzene rings is 1. The maximum Gasteiger partial charge on any atom is 0.249 e. The topological polar surface area (TPSA) is 176 Å². The van der Waals surface area contributed by atoms with Gasteiger partial charge in [-0.15, -0.1) is 0 Å². The monoisotopic (exact) mass is 1690 g/mol. The summed E-state index contributed by atoms with van der Waals surface area (Å²) in [4.78, 5) is 61.0. The number of anilines is 5. The molecule has 18 nitrogen and oxygen atoms in total. The minimum Gasteiger partial charge on any atom is -0.371 e. The number of carbonyl (C=O) groups is 1. The second-order valence-corrected chi connectivity index (χ2v) is 40.0. The van der Waals surface area contributed by atoms with Crippen molar-refractivity contribution in [3.8, 4) is 11.1 Å². The lowest BCUT2D eigenvalue weighted by atomic mass is 9.91. The minimum atomic E-state index is -1.81. The average molecular weight is 1690 g/mol. The van der Waals surface area contributed by atoms with E-state index in [9.17, 15) is 9.00 Å². The van der Waals surface area contributed by atoms with Crippen LogP contribution in [0.5, 0.6) is 0 Å². The van der Waals surface area contributed by atoms with Crippen molar-refractivity contribution in [2.75, 3.05) is 101 Å². The molecule has 668 valence electrons. The number of allylic oxidation sites excluding steroid dienone is 4. The fourth-order valence-electron chi connectivity index (χ4n) is 16.5. The molecule has 5 saturated heterocycles. The Balaban J connectivity index is 0.000000199. The number of primary amides is 1. The highest BCUT2D eigenvalue weighted by Gasteiger charge is 2.34. The van der Waals surface area contributed by atoms with E-state index in [-0.39, 0.29) is 0 Å². The summed E-state index contributed by atoms with van der Waals surface area (Å²) in [5.74, 6) is 9.06. The largest absolute Gasteiger partial charge is 0.371 e. The quantitative estimate of drug-likeness (QED) is 0.0633. The van der Waals surface area contributed by atoms with Crippen molar-refractivity contribution in [1.82, 2.24) is 49.6 Å². The van der Waals surface area contributed by atoms with Crippen LogP contribution in [0, 0.1) is 12.8 Å². The third kappa shape index (κ3) is 29.7. The van der Waals surface area contributed by atoms with Crippen molar-refractivity contribution in [2.24, 2.45) is 11.7 Å². The molecule has 2 N–H and O–H groups in total. The van der Waals surface area contributed by atoms with Crippen LogP contribution in [-0.4, -0.2) is 179 Å². The summed E-state index contributed by atoms with van der Waals surface area (Å²) in [5.41, 5.74) is 28.9. The number of aryl methyl sites for hydroxylation is 1.